The number of carbonyl (C=O) groups excluding carboxylic acids is 1. The van der Waals surface area contributed by atoms with Crippen LogP contribution >= 0.6 is 0 Å². The fourth-order valence-electron chi connectivity index (χ4n) is 3.35. The molecule has 138 valence electrons. The van der Waals surface area contributed by atoms with Crippen LogP contribution in [-0.2, 0) is 0 Å². The summed E-state index contributed by atoms with van der Waals surface area (Å²) in [5.74, 6) is -1.25. The minimum Gasteiger partial charge on any atom is -0.337 e. The van der Waals surface area contributed by atoms with Crippen LogP contribution in [0.4, 0.5) is 8.78 Å². The van der Waals surface area contributed by atoms with Crippen LogP contribution in [0.2, 0.25) is 0 Å². The smallest absolute Gasteiger partial charge is 0.257 e. The summed E-state index contributed by atoms with van der Waals surface area (Å²) in [6.07, 6.45) is 1.34. The second kappa shape index (κ2) is 6.90. The highest BCUT2D eigenvalue weighted by Crippen LogP contribution is 2.33. The van der Waals surface area contributed by atoms with Crippen molar-refractivity contribution in [1.29, 1.82) is 0 Å². The Morgan fingerprint density at radius 2 is 2.07 bits per heavy atom. The van der Waals surface area contributed by atoms with Crippen molar-refractivity contribution in [3.8, 4) is 11.4 Å². The molecule has 1 atom stereocenters. The zero-order valence-corrected chi connectivity index (χ0v) is 14.7. The number of benzene rings is 2. The predicted octanol–water partition coefficient (Wildman–Crippen LogP) is 4.30. The molecular weight excluding hydrogens is 352 g/mol. The maximum absolute atomic E-state index is 14.0. The van der Waals surface area contributed by atoms with Crippen LogP contribution in [0.5, 0.6) is 0 Å². The van der Waals surface area contributed by atoms with E-state index in [0.717, 1.165) is 35.7 Å². The number of carbonyl (C=O) groups is 1. The molecule has 27 heavy (non-hydrogen) atoms. The molecule has 5 nitrogen and oxygen atoms in total. The van der Waals surface area contributed by atoms with E-state index in [-0.39, 0.29) is 5.56 Å². The Labute approximate surface area is 154 Å². The van der Waals surface area contributed by atoms with Gasteiger partial charge < -0.3 is 9.42 Å². The highest BCUT2D eigenvalue weighted by Gasteiger charge is 2.35. The van der Waals surface area contributed by atoms with Gasteiger partial charge in [0.2, 0.25) is 11.7 Å². The van der Waals surface area contributed by atoms with Crippen LogP contribution in [0.15, 0.2) is 47.0 Å². The zero-order chi connectivity index (χ0) is 19.0. The summed E-state index contributed by atoms with van der Waals surface area (Å²) in [6, 6.07) is 10.1. The maximum Gasteiger partial charge on any atom is 0.257 e. The first-order chi connectivity index (χ1) is 13.0. The molecule has 0 unspecified atom stereocenters. The van der Waals surface area contributed by atoms with Crippen LogP contribution in [0.3, 0.4) is 0 Å². The normalized spacial score (nSPS) is 16.7. The van der Waals surface area contributed by atoms with Crippen LogP contribution in [-0.4, -0.2) is 27.5 Å². The molecule has 0 radical (unpaired) electrons. The van der Waals surface area contributed by atoms with Gasteiger partial charge in [-0.15, -0.1) is 0 Å². The van der Waals surface area contributed by atoms with Crippen molar-refractivity contribution in [1.82, 2.24) is 15.0 Å². The maximum atomic E-state index is 14.0. The number of amides is 1. The van der Waals surface area contributed by atoms with Crippen LogP contribution in [0, 0.1) is 18.6 Å². The predicted molar refractivity (Wildman–Crippen MR) is 93.8 cm³/mol. The van der Waals surface area contributed by atoms with Crippen LogP contribution < -0.4 is 0 Å². The van der Waals surface area contributed by atoms with Crippen molar-refractivity contribution in [3.63, 3.8) is 0 Å². The first-order valence-corrected chi connectivity index (χ1v) is 8.69. The Morgan fingerprint density at radius 3 is 2.89 bits per heavy atom. The fraction of sp³-hybridized carbons (Fsp3) is 0.250. The topological polar surface area (TPSA) is 59.2 Å². The number of hydrogen-bond donors (Lipinski definition) is 0. The van der Waals surface area contributed by atoms with Crippen molar-refractivity contribution >= 4 is 5.91 Å². The van der Waals surface area contributed by atoms with Gasteiger partial charge in [0.15, 0.2) is 0 Å². The SMILES string of the molecule is Cc1cccc(-c2noc([C@@H]3CCCN3C(=O)c3cc(F)ccc3F)n2)c1. The monoisotopic (exact) mass is 369 g/mol. The number of aromatic nitrogens is 2. The lowest BCUT2D eigenvalue weighted by molar-refractivity contribution is 0.0704. The largest absolute Gasteiger partial charge is 0.337 e. The third-order valence-electron chi connectivity index (χ3n) is 4.68. The quantitative estimate of drug-likeness (QED) is 0.691. The Hall–Kier alpha value is -3.09. The van der Waals surface area contributed by atoms with E-state index >= 15 is 0 Å². The van der Waals surface area contributed by atoms with Gasteiger partial charge in [-0.2, -0.15) is 4.98 Å². The van der Waals surface area contributed by atoms with Crippen molar-refractivity contribution in [2.24, 2.45) is 0 Å². The lowest BCUT2D eigenvalue weighted by atomic mass is 10.1. The number of rotatable bonds is 3. The molecule has 0 saturated carbocycles. The van der Waals surface area contributed by atoms with Gasteiger partial charge in [0.05, 0.1) is 5.56 Å². The van der Waals surface area contributed by atoms with E-state index in [2.05, 4.69) is 10.1 Å². The number of nitrogens with zero attached hydrogens (tertiary/aromatic N) is 3. The van der Waals surface area contributed by atoms with Crippen molar-refractivity contribution in [2.75, 3.05) is 6.54 Å². The lowest BCUT2D eigenvalue weighted by Crippen LogP contribution is -2.31. The number of aryl methyl sites for hydroxylation is 1. The van der Waals surface area contributed by atoms with Gasteiger partial charge in [-0.05, 0) is 44.0 Å². The molecule has 0 N–H and O–H groups in total. The summed E-state index contributed by atoms with van der Waals surface area (Å²) in [4.78, 5) is 18.6. The third-order valence-corrected chi connectivity index (χ3v) is 4.68. The number of hydrogen-bond acceptors (Lipinski definition) is 4. The summed E-state index contributed by atoms with van der Waals surface area (Å²) in [5, 5.41) is 4.01. The molecule has 1 aliphatic heterocycles. The molecule has 1 aromatic heterocycles. The third kappa shape index (κ3) is 3.32. The summed E-state index contributed by atoms with van der Waals surface area (Å²) in [6.45, 7) is 2.39. The zero-order valence-electron chi connectivity index (χ0n) is 14.7. The van der Waals surface area contributed by atoms with Gasteiger partial charge in [-0.25, -0.2) is 8.78 Å². The minimum absolute atomic E-state index is 0.291. The first kappa shape index (κ1) is 17.3. The van der Waals surface area contributed by atoms with E-state index in [1.54, 1.807) is 0 Å². The molecule has 0 spiro atoms. The molecule has 0 aliphatic carbocycles. The first-order valence-electron chi connectivity index (χ1n) is 8.69. The minimum atomic E-state index is -0.752. The van der Waals surface area contributed by atoms with Gasteiger partial charge in [-0.1, -0.05) is 28.9 Å². The van der Waals surface area contributed by atoms with Gasteiger partial charge in [0.1, 0.15) is 17.7 Å². The molecule has 2 heterocycles. The molecule has 1 amide bonds. The van der Waals surface area contributed by atoms with E-state index in [1.165, 1.54) is 4.90 Å². The molecule has 2 aromatic carbocycles. The molecule has 3 aromatic rings. The summed E-state index contributed by atoms with van der Waals surface area (Å²) in [5.41, 5.74) is 1.59. The van der Waals surface area contributed by atoms with E-state index < -0.39 is 23.6 Å². The lowest BCUT2D eigenvalue weighted by Gasteiger charge is -2.22. The fourth-order valence-corrected chi connectivity index (χ4v) is 3.35. The van der Waals surface area contributed by atoms with E-state index in [1.807, 2.05) is 31.2 Å². The average Bonchev–Trinajstić information content (AvgIpc) is 3.32. The van der Waals surface area contributed by atoms with Gasteiger partial charge in [0, 0.05) is 12.1 Å². The Kier molecular flexibility index (Phi) is 4.43. The Bertz CT molecular complexity index is 1000. The van der Waals surface area contributed by atoms with Crippen molar-refractivity contribution in [3.05, 3.63) is 71.1 Å². The van der Waals surface area contributed by atoms with Gasteiger partial charge in [0.25, 0.3) is 5.91 Å². The van der Waals surface area contributed by atoms with Gasteiger partial charge in [-0.3, -0.25) is 4.79 Å². The molecule has 1 aliphatic rings. The second-order valence-electron chi connectivity index (χ2n) is 6.61. The molecule has 0 bridgehead atoms. The van der Waals surface area contributed by atoms with Gasteiger partial charge >= 0.3 is 0 Å². The van der Waals surface area contributed by atoms with Crippen LogP contribution in [0.1, 0.15) is 40.7 Å². The summed E-state index contributed by atoms with van der Waals surface area (Å²) in [7, 11) is 0. The molecule has 4 rings (SSSR count). The van der Waals surface area contributed by atoms with Crippen LogP contribution in [0.25, 0.3) is 11.4 Å². The average molecular weight is 369 g/mol. The number of halogens is 2. The molecule has 1 saturated heterocycles. The second-order valence-corrected chi connectivity index (χ2v) is 6.61. The Balaban J connectivity index is 1.62. The van der Waals surface area contributed by atoms with E-state index in [9.17, 15) is 13.6 Å². The highest BCUT2D eigenvalue weighted by atomic mass is 19.1. The van der Waals surface area contributed by atoms with Crippen molar-refractivity contribution in [2.45, 2.75) is 25.8 Å². The molecular formula is C20H17F2N3O2. The summed E-state index contributed by atoms with van der Waals surface area (Å²) < 4.78 is 32.9. The summed E-state index contributed by atoms with van der Waals surface area (Å²) >= 11 is 0. The van der Waals surface area contributed by atoms with E-state index in [0.29, 0.717) is 24.7 Å². The number of likely N-dealkylation sites (tertiary alicyclic amines) is 1. The van der Waals surface area contributed by atoms with Crippen molar-refractivity contribution < 1.29 is 18.1 Å². The van der Waals surface area contributed by atoms with E-state index in [4.69, 9.17) is 4.52 Å². The molecule has 7 heteroatoms. The Morgan fingerprint density at radius 1 is 1.22 bits per heavy atom. The molecule has 1 fully saturated rings. The standard InChI is InChI=1S/C20H17F2N3O2/c1-12-4-2-5-13(10-12)18-23-19(27-24-18)17-6-3-9-25(17)20(26)15-11-14(21)7-8-16(15)22/h2,4-5,7-8,10-11,17H,3,6,9H2,1H3/t17-/m0/s1. The highest BCUT2D eigenvalue weighted by molar-refractivity contribution is 5.95.